The molecule has 0 radical (unpaired) electrons. The van der Waals surface area contributed by atoms with Crippen molar-refractivity contribution in [2.45, 2.75) is 44.3 Å². The standard InChI is InChI=1S/C14H25F3N4/c1-18-13(20-12-2-3-12)19-7-4-11-5-8-21(9-6-11)10-14(15,16)17/h11-12H,2-10H2,1H3,(H2,18,19,20). The summed E-state index contributed by atoms with van der Waals surface area (Å²) >= 11 is 0. The molecule has 21 heavy (non-hydrogen) atoms. The molecule has 1 saturated carbocycles. The first kappa shape index (κ1) is 16.4. The molecule has 0 atom stereocenters. The third kappa shape index (κ3) is 6.54. The number of nitrogens with zero attached hydrogens (tertiary/aromatic N) is 2. The van der Waals surface area contributed by atoms with Gasteiger partial charge in [-0.05, 0) is 51.1 Å². The van der Waals surface area contributed by atoms with Gasteiger partial charge in [-0.2, -0.15) is 13.2 Å². The number of guanidine groups is 1. The van der Waals surface area contributed by atoms with E-state index in [2.05, 4.69) is 15.6 Å². The molecule has 2 N–H and O–H groups in total. The molecule has 0 spiro atoms. The topological polar surface area (TPSA) is 39.7 Å². The first-order valence-corrected chi connectivity index (χ1v) is 7.72. The maximum Gasteiger partial charge on any atom is 0.401 e. The maximum atomic E-state index is 12.3. The molecule has 122 valence electrons. The first-order valence-electron chi connectivity index (χ1n) is 7.72. The van der Waals surface area contributed by atoms with Crippen LogP contribution in [0.2, 0.25) is 0 Å². The Morgan fingerprint density at radius 1 is 1.19 bits per heavy atom. The van der Waals surface area contributed by atoms with Crippen molar-refractivity contribution in [2.24, 2.45) is 10.9 Å². The zero-order valence-electron chi connectivity index (χ0n) is 12.5. The van der Waals surface area contributed by atoms with E-state index in [-0.39, 0.29) is 0 Å². The lowest BCUT2D eigenvalue weighted by Crippen LogP contribution is -2.42. The van der Waals surface area contributed by atoms with Gasteiger partial charge in [-0.15, -0.1) is 0 Å². The van der Waals surface area contributed by atoms with Gasteiger partial charge >= 0.3 is 6.18 Å². The molecule has 7 heteroatoms. The fourth-order valence-corrected chi connectivity index (χ4v) is 2.70. The molecular formula is C14H25F3N4. The van der Waals surface area contributed by atoms with Gasteiger partial charge in [-0.25, -0.2) is 0 Å². The van der Waals surface area contributed by atoms with Gasteiger partial charge < -0.3 is 10.6 Å². The summed E-state index contributed by atoms with van der Waals surface area (Å²) in [6.07, 6.45) is 1.04. The number of nitrogens with one attached hydrogen (secondary N) is 2. The van der Waals surface area contributed by atoms with Crippen molar-refractivity contribution in [2.75, 3.05) is 33.2 Å². The molecule has 0 amide bonds. The fraction of sp³-hybridized carbons (Fsp3) is 0.929. The van der Waals surface area contributed by atoms with E-state index in [0.29, 0.717) is 25.0 Å². The van der Waals surface area contributed by atoms with Gasteiger partial charge in [0.05, 0.1) is 6.54 Å². The Hall–Kier alpha value is -0.980. The summed E-state index contributed by atoms with van der Waals surface area (Å²) in [5.74, 6) is 1.35. The van der Waals surface area contributed by atoms with Crippen LogP contribution in [-0.2, 0) is 0 Å². The summed E-state index contributed by atoms with van der Waals surface area (Å²) in [6.45, 7) is 1.17. The third-order valence-corrected chi connectivity index (χ3v) is 4.10. The van der Waals surface area contributed by atoms with Gasteiger partial charge in [-0.3, -0.25) is 9.89 Å². The van der Waals surface area contributed by atoms with E-state index < -0.39 is 12.7 Å². The monoisotopic (exact) mass is 306 g/mol. The molecule has 0 bridgehead atoms. The molecule has 1 aliphatic carbocycles. The largest absolute Gasteiger partial charge is 0.401 e. The maximum absolute atomic E-state index is 12.3. The highest BCUT2D eigenvalue weighted by Crippen LogP contribution is 2.24. The molecule has 2 fully saturated rings. The number of hydrogen-bond donors (Lipinski definition) is 2. The van der Waals surface area contributed by atoms with E-state index in [9.17, 15) is 13.2 Å². The van der Waals surface area contributed by atoms with Crippen molar-refractivity contribution in [1.29, 1.82) is 0 Å². The van der Waals surface area contributed by atoms with E-state index in [1.54, 1.807) is 7.05 Å². The number of rotatable bonds is 5. The van der Waals surface area contributed by atoms with Gasteiger partial charge in [0.1, 0.15) is 0 Å². The van der Waals surface area contributed by atoms with E-state index in [4.69, 9.17) is 0 Å². The van der Waals surface area contributed by atoms with Crippen LogP contribution in [0.25, 0.3) is 0 Å². The molecule has 2 aliphatic rings. The van der Waals surface area contributed by atoms with Gasteiger partial charge in [0.2, 0.25) is 0 Å². The van der Waals surface area contributed by atoms with E-state index in [0.717, 1.165) is 31.8 Å². The lowest BCUT2D eigenvalue weighted by atomic mass is 9.93. The van der Waals surface area contributed by atoms with Crippen LogP contribution in [0.5, 0.6) is 0 Å². The van der Waals surface area contributed by atoms with E-state index in [1.807, 2.05) is 0 Å². The molecule has 4 nitrogen and oxygen atoms in total. The summed E-state index contributed by atoms with van der Waals surface area (Å²) < 4.78 is 36.9. The lowest BCUT2D eigenvalue weighted by Gasteiger charge is -2.32. The van der Waals surface area contributed by atoms with E-state index >= 15 is 0 Å². The minimum Gasteiger partial charge on any atom is -0.356 e. The molecule has 0 aromatic rings. The number of halogens is 3. The quantitative estimate of drug-likeness (QED) is 0.603. The van der Waals surface area contributed by atoms with Gasteiger partial charge in [0.25, 0.3) is 0 Å². The predicted octanol–water partition coefficient (Wildman–Crippen LogP) is 1.98. The van der Waals surface area contributed by atoms with Crippen LogP contribution in [0.4, 0.5) is 13.2 Å². The highest BCUT2D eigenvalue weighted by atomic mass is 19.4. The Labute approximate surface area is 124 Å². The molecular weight excluding hydrogens is 281 g/mol. The zero-order chi connectivity index (χ0) is 15.3. The summed E-state index contributed by atoms with van der Waals surface area (Å²) in [4.78, 5) is 5.68. The highest BCUT2D eigenvalue weighted by molar-refractivity contribution is 5.80. The van der Waals surface area contributed by atoms with Crippen molar-refractivity contribution in [3.05, 3.63) is 0 Å². The van der Waals surface area contributed by atoms with Crippen LogP contribution in [-0.4, -0.2) is 56.3 Å². The van der Waals surface area contributed by atoms with Crippen molar-refractivity contribution >= 4 is 5.96 Å². The van der Waals surface area contributed by atoms with E-state index in [1.165, 1.54) is 17.7 Å². The Bertz CT molecular complexity index is 345. The van der Waals surface area contributed by atoms with Gasteiger partial charge in [0.15, 0.2) is 5.96 Å². The Kier molecular flexibility index (Phi) is 5.72. The minimum absolute atomic E-state index is 0.515. The molecule has 0 aromatic carbocycles. The number of alkyl halides is 3. The van der Waals surface area contributed by atoms with Crippen LogP contribution < -0.4 is 10.6 Å². The Balaban J connectivity index is 1.58. The van der Waals surface area contributed by atoms with Gasteiger partial charge in [-0.1, -0.05) is 0 Å². The lowest BCUT2D eigenvalue weighted by molar-refractivity contribution is -0.148. The van der Waals surface area contributed by atoms with Crippen LogP contribution >= 0.6 is 0 Å². The first-order chi connectivity index (χ1) is 9.96. The summed E-state index contributed by atoms with van der Waals surface area (Å²) in [6, 6.07) is 0.571. The molecule has 0 aromatic heterocycles. The number of aliphatic imine (C=N–C) groups is 1. The fourth-order valence-electron chi connectivity index (χ4n) is 2.70. The molecule has 0 unspecified atom stereocenters. The van der Waals surface area contributed by atoms with Crippen LogP contribution in [0.3, 0.4) is 0 Å². The molecule has 1 aliphatic heterocycles. The highest BCUT2D eigenvalue weighted by Gasteiger charge is 2.32. The molecule has 1 heterocycles. The second-order valence-corrected chi connectivity index (χ2v) is 6.04. The number of hydrogen-bond acceptors (Lipinski definition) is 2. The molecule has 1 saturated heterocycles. The van der Waals surface area contributed by atoms with Crippen molar-refractivity contribution in [3.8, 4) is 0 Å². The Morgan fingerprint density at radius 2 is 1.86 bits per heavy atom. The van der Waals surface area contributed by atoms with Crippen molar-refractivity contribution in [1.82, 2.24) is 15.5 Å². The minimum atomic E-state index is -4.07. The predicted molar refractivity (Wildman–Crippen MR) is 77.4 cm³/mol. The van der Waals surface area contributed by atoms with Gasteiger partial charge in [0, 0.05) is 19.6 Å². The van der Waals surface area contributed by atoms with Crippen molar-refractivity contribution < 1.29 is 13.2 Å². The van der Waals surface area contributed by atoms with Crippen LogP contribution in [0, 0.1) is 5.92 Å². The average Bonchev–Trinajstić information content (AvgIpc) is 3.22. The molecule has 2 rings (SSSR count). The van der Waals surface area contributed by atoms with Crippen LogP contribution in [0.1, 0.15) is 32.1 Å². The summed E-state index contributed by atoms with van der Waals surface area (Å²) in [5, 5.41) is 6.60. The van der Waals surface area contributed by atoms with Crippen LogP contribution in [0.15, 0.2) is 4.99 Å². The smallest absolute Gasteiger partial charge is 0.356 e. The number of likely N-dealkylation sites (tertiary alicyclic amines) is 1. The Morgan fingerprint density at radius 3 is 2.38 bits per heavy atom. The normalized spacial score (nSPS) is 22.4. The second kappa shape index (κ2) is 7.33. The average molecular weight is 306 g/mol. The zero-order valence-corrected chi connectivity index (χ0v) is 12.5. The summed E-state index contributed by atoms with van der Waals surface area (Å²) in [5.41, 5.74) is 0. The SMILES string of the molecule is CN=C(NCCC1CCN(CC(F)(F)F)CC1)NC1CC1. The summed E-state index contributed by atoms with van der Waals surface area (Å²) in [7, 11) is 1.76. The number of piperidine rings is 1. The second-order valence-electron chi connectivity index (χ2n) is 6.04. The van der Waals surface area contributed by atoms with Crippen molar-refractivity contribution in [3.63, 3.8) is 0 Å². The third-order valence-electron chi connectivity index (χ3n) is 4.10.